The second-order valence-electron chi connectivity index (χ2n) is 7.64. The second kappa shape index (κ2) is 8.96. The van der Waals surface area contributed by atoms with Gasteiger partial charge in [0.2, 0.25) is 0 Å². The van der Waals surface area contributed by atoms with Gasteiger partial charge in [0, 0.05) is 6.42 Å². The summed E-state index contributed by atoms with van der Waals surface area (Å²) in [5.41, 5.74) is -1.17. The molecule has 3 aromatic rings. The van der Waals surface area contributed by atoms with E-state index in [1.165, 1.54) is 65.7 Å². The molecule has 1 aliphatic rings. The molecule has 0 amide bonds. The van der Waals surface area contributed by atoms with E-state index < -0.39 is 35.3 Å². The lowest BCUT2D eigenvalue weighted by atomic mass is 9.95. The van der Waals surface area contributed by atoms with Gasteiger partial charge in [-0.2, -0.15) is 31.4 Å². The number of hydrogen-bond acceptors (Lipinski definition) is 2. The lowest BCUT2D eigenvalue weighted by Gasteiger charge is -2.26. The van der Waals surface area contributed by atoms with Crippen LogP contribution >= 0.6 is 0 Å². The molecule has 0 N–H and O–H groups in total. The number of allylic oxidation sites excluding steroid dienone is 1. The van der Waals surface area contributed by atoms with Gasteiger partial charge in [0.15, 0.2) is 0 Å². The molecule has 0 aliphatic carbocycles. The molecule has 1 heterocycles. The predicted molar refractivity (Wildman–Crippen MR) is 116 cm³/mol. The summed E-state index contributed by atoms with van der Waals surface area (Å²) >= 11 is 0. The number of halogens is 7. The van der Waals surface area contributed by atoms with E-state index in [2.05, 4.69) is 5.10 Å². The number of hydrazone groups is 1. The number of nitrogens with zero attached hydrogens (tertiary/aromatic N) is 2. The molecule has 4 rings (SSSR count). The lowest BCUT2D eigenvalue weighted by molar-refractivity contribution is -0.139. The zero-order chi connectivity index (χ0) is 24.5. The van der Waals surface area contributed by atoms with Crippen LogP contribution in [0, 0.1) is 5.82 Å². The van der Waals surface area contributed by atoms with Gasteiger partial charge in [-0.25, -0.2) is 4.39 Å². The van der Waals surface area contributed by atoms with Gasteiger partial charge in [0.05, 0.1) is 28.6 Å². The molecule has 0 saturated carbocycles. The van der Waals surface area contributed by atoms with Crippen molar-refractivity contribution >= 4 is 17.5 Å². The normalized spacial score (nSPS) is 16.9. The third-order valence-electron chi connectivity index (χ3n) is 5.37. The highest BCUT2D eigenvalue weighted by Crippen LogP contribution is 2.42. The molecule has 0 fully saturated rings. The zero-order valence-electron chi connectivity index (χ0n) is 17.4. The molecule has 1 unspecified atom stereocenters. The fourth-order valence-corrected chi connectivity index (χ4v) is 3.84. The van der Waals surface area contributed by atoms with E-state index in [1.54, 1.807) is 0 Å². The molecule has 0 saturated heterocycles. The van der Waals surface area contributed by atoms with Crippen molar-refractivity contribution in [3.63, 3.8) is 0 Å². The summed E-state index contributed by atoms with van der Waals surface area (Å²) in [6.07, 6.45) is -6.57. The molecule has 0 aromatic heterocycles. The van der Waals surface area contributed by atoms with Gasteiger partial charge in [0.25, 0.3) is 0 Å². The van der Waals surface area contributed by atoms with Crippen LogP contribution in [0.25, 0.3) is 6.08 Å². The van der Waals surface area contributed by atoms with Gasteiger partial charge in [-0.1, -0.05) is 42.5 Å². The average molecular weight is 478 g/mol. The van der Waals surface area contributed by atoms with Gasteiger partial charge in [-0.15, -0.1) is 0 Å². The third kappa shape index (κ3) is 4.98. The first-order chi connectivity index (χ1) is 16.0. The molecule has 3 aromatic carbocycles. The maximum Gasteiger partial charge on any atom is 0.416 e. The van der Waals surface area contributed by atoms with E-state index in [0.717, 1.165) is 24.3 Å². The molecule has 0 bridgehead atoms. The van der Waals surface area contributed by atoms with Crippen molar-refractivity contribution in [2.75, 3.05) is 5.01 Å². The minimum Gasteiger partial charge on any atom is -0.257 e. The highest BCUT2D eigenvalue weighted by molar-refractivity contribution is 6.01. The summed E-state index contributed by atoms with van der Waals surface area (Å²) < 4.78 is 94.4. The van der Waals surface area contributed by atoms with Crippen LogP contribution in [-0.4, -0.2) is 5.71 Å². The fraction of sp³-hybridized carbons (Fsp3) is 0.160. The van der Waals surface area contributed by atoms with Crippen LogP contribution < -0.4 is 5.01 Å². The Morgan fingerprint density at radius 1 is 0.735 bits per heavy atom. The number of benzene rings is 3. The summed E-state index contributed by atoms with van der Waals surface area (Å²) in [6, 6.07) is 14.2. The minimum absolute atomic E-state index is 0.00908. The quantitative estimate of drug-likeness (QED) is 0.348. The Morgan fingerprint density at radius 2 is 1.32 bits per heavy atom. The van der Waals surface area contributed by atoms with Gasteiger partial charge in [-0.05, 0) is 53.6 Å². The average Bonchev–Trinajstić information content (AvgIpc) is 3.21. The Kier molecular flexibility index (Phi) is 6.20. The van der Waals surface area contributed by atoms with E-state index in [4.69, 9.17) is 0 Å². The van der Waals surface area contributed by atoms with Crippen molar-refractivity contribution in [3.05, 3.63) is 107 Å². The van der Waals surface area contributed by atoms with E-state index in [1.807, 2.05) is 0 Å². The number of alkyl halides is 6. The van der Waals surface area contributed by atoms with Crippen molar-refractivity contribution < 1.29 is 30.7 Å². The van der Waals surface area contributed by atoms with Crippen LogP contribution in [0.2, 0.25) is 0 Å². The Hall–Kier alpha value is -3.62. The van der Waals surface area contributed by atoms with Crippen LogP contribution in [0.1, 0.15) is 34.7 Å². The number of anilines is 1. The monoisotopic (exact) mass is 478 g/mol. The fourth-order valence-electron chi connectivity index (χ4n) is 3.84. The molecular weight excluding hydrogens is 461 g/mol. The van der Waals surface area contributed by atoms with Crippen molar-refractivity contribution in [3.8, 4) is 0 Å². The van der Waals surface area contributed by atoms with Crippen molar-refractivity contribution in [1.82, 2.24) is 0 Å². The molecule has 1 aliphatic heterocycles. The third-order valence-corrected chi connectivity index (χ3v) is 5.37. The minimum atomic E-state index is -4.62. The Bertz CT molecular complexity index is 1230. The van der Waals surface area contributed by atoms with Crippen LogP contribution in [0.4, 0.5) is 36.4 Å². The lowest BCUT2D eigenvalue weighted by Crippen LogP contribution is -2.22. The van der Waals surface area contributed by atoms with E-state index in [-0.39, 0.29) is 23.3 Å². The first-order valence-corrected chi connectivity index (χ1v) is 10.2. The molecule has 9 heteroatoms. The molecule has 1 atom stereocenters. The predicted octanol–water partition coefficient (Wildman–Crippen LogP) is 7.88. The van der Waals surface area contributed by atoms with Crippen LogP contribution in [0.3, 0.4) is 0 Å². The largest absolute Gasteiger partial charge is 0.416 e. The Morgan fingerprint density at radius 3 is 1.97 bits per heavy atom. The van der Waals surface area contributed by atoms with E-state index in [9.17, 15) is 30.7 Å². The first-order valence-electron chi connectivity index (χ1n) is 10.2. The second-order valence-corrected chi connectivity index (χ2v) is 7.64. The summed E-state index contributed by atoms with van der Waals surface area (Å²) in [6.45, 7) is 0. The maximum absolute atomic E-state index is 13.7. The molecule has 0 spiro atoms. The van der Waals surface area contributed by atoms with Gasteiger partial charge in [0.1, 0.15) is 5.82 Å². The van der Waals surface area contributed by atoms with Crippen molar-refractivity contribution in [2.45, 2.75) is 24.8 Å². The zero-order valence-corrected chi connectivity index (χ0v) is 17.4. The van der Waals surface area contributed by atoms with Crippen molar-refractivity contribution in [2.24, 2.45) is 5.10 Å². The van der Waals surface area contributed by atoms with Gasteiger partial charge >= 0.3 is 12.4 Å². The SMILES string of the molecule is Fc1ccc(N2N=C(C=Cc3ccccc3C(F)(F)F)CC2c2ccccc2C(F)(F)F)cc1. The topological polar surface area (TPSA) is 15.6 Å². The summed E-state index contributed by atoms with van der Waals surface area (Å²) in [7, 11) is 0. The summed E-state index contributed by atoms with van der Waals surface area (Å²) in [5.74, 6) is -0.525. The Balaban J connectivity index is 1.74. The summed E-state index contributed by atoms with van der Waals surface area (Å²) in [4.78, 5) is 0. The first kappa shape index (κ1) is 23.5. The smallest absolute Gasteiger partial charge is 0.257 e. The molecule has 0 radical (unpaired) electrons. The Labute approximate surface area is 190 Å². The number of hydrogen-bond donors (Lipinski definition) is 0. The van der Waals surface area contributed by atoms with Gasteiger partial charge in [-0.3, -0.25) is 5.01 Å². The molecule has 34 heavy (non-hydrogen) atoms. The molecule has 176 valence electrons. The van der Waals surface area contributed by atoms with E-state index >= 15 is 0 Å². The van der Waals surface area contributed by atoms with Crippen molar-refractivity contribution in [1.29, 1.82) is 0 Å². The highest BCUT2D eigenvalue weighted by Gasteiger charge is 2.38. The molecular formula is C25H17F7N2. The summed E-state index contributed by atoms with van der Waals surface area (Å²) in [5, 5.41) is 5.70. The maximum atomic E-state index is 13.7. The van der Waals surface area contributed by atoms with Crippen LogP contribution in [-0.2, 0) is 12.4 Å². The standard InChI is InChI=1S/C25H17F7N2/c26-17-10-13-19(14-11-17)34-23(20-6-2-4-8-22(20)25(30,31)32)15-18(33-34)12-9-16-5-1-3-7-21(16)24(27,28)29/h1-14,23H,15H2. The van der Waals surface area contributed by atoms with Crippen LogP contribution in [0.5, 0.6) is 0 Å². The van der Waals surface area contributed by atoms with Gasteiger partial charge < -0.3 is 0 Å². The highest BCUT2D eigenvalue weighted by atomic mass is 19.4. The van der Waals surface area contributed by atoms with Crippen LogP contribution in [0.15, 0.2) is 84.0 Å². The molecule has 2 nitrogen and oxygen atoms in total. The van der Waals surface area contributed by atoms with E-state index in [0.29, 0.717) is 5.69 Å². The number of rotatable bonds is 4.